The Kier molecular flexibility index (Phi) is 5.85. The number of hydrogen-bond acceptors (Lipinski definition) is 5. The van der Waals surface area contributed by atoms with Gasteiger partial charge >= 0.3 is 5.69 Å². The van der Waals surface area contributed by atoms with Crippen LogP contribution in [0.3, 0.4) is 0 Å². The number of para-hydroxylation sites is 2. The number of rotatable bonds is 7. The van der Waals surface area contributed by atoms with E-state index in [2.05, 4.69) is 5.32 Å². The molecule has 0 saturated heterocycles. The quantitative estimate of drug-likeness (QED) is 0.350. The van der Waals surface area contributed by atoms with E-state index in [4.69, 9.17) is 9.72 Å². The van der Waals surface area contributed by atoms with Gasteiger partial charge in [-0.25, -0.2) is 4.98 Å². The summed E-state index contributed by atoms with van der Waals surface area (Å²) in [5.41, 5.74) is 2.73. The van der Waals surface area contributed by atoms with E-state index in [0.717, 1.165) is 22.4 Å². The third-order valence-corrected chi connectivity index (χ3v) is 5.41. The van der Waals surface area contributed by atoms with Crippen molar-refractivity contribution >= 4 is 22.6 Å². The van der Waals surface area contributed by atoms with E-state index in [0.29, 0.717) is 6.42 Å². The van der Waals surface area contributed by atoms with Crippen molar-refractivity contribution in [2.24, 2.45) is 7.05 Å². The number of ether oxygens (including phenoxy) is 1. The van der Waals surface area contributed by atoms with Crippen LogP contribution in [0, 0.1) is 10.1 Å². The molecule has 0 aliphatic carbocycles. The fourth-order valence-electron chi connectivity index (χ4n) is 3.71. The molecule has 0 spiro atoms. The first-order valence-corrected chi connectivity index (χ1v) is 10.1. The summed E-state index contributed by atoms with van der Waals surface area (Å²) in [6.07, 6.45) is 0.458. The van der Waals surface area contributed by atoms with E-state index in [-0.39, 0.29) is 23.0 Å². The summed E-state index contributed by atoms with van der Waals surface area (Å²) in [7, 11) is 3.30. The van der Waals surface area contributed by atoms with Crippen molar-refractivity contribution in [2.45, 2.75) is 12.5 Å². The summed E-state index contributed by atoms with van der Waals surface area (Å²) in [4.78, 5) is 28.6. The van der Waals surface area contributed by atoms with Crippen LogP contribution in [0.25, 0.3) is 11.0 Å². The number of nitrogens with one attached hydrogen (secondary N) is 1. The first kappa shape index (κ1) is 21.0. The minimum absolute atomic E-state index is 0.103. The number of carbonyl (C=O) groups is 1. The van der Waals surface area contributed by atoms with Crippen LogP contribution in [0.4, 0.5) is 5.69 Å². The van der Waals surface area contributed by atoms with Gasteiger partial charge in [-0.2, -0.15) is 0 Å². The maximum atomic E-state index is 13.0. The lowest BCUT2D eigenvalue weighted by molar-refractivity contribution is -0.385. The molecule has 0 aliphatic rings. The Morgan fingerprint density at radius 1 is 1.12 bits per heavy atom. The molecule has 1 amide bonds. The maximum absolute atomic E-state index is 13.0. The molecule has 8 nitrogen and oxygen atoms in total. The summed E-state index contributed by atoms with van der Waals surface area (Å²) in [5.74, 6) is 0.510. The molecule has 8 heteroatoms. The summed E-state index contributed by atoms with van der Waals surface area (Å²) in [6.45, 7) is 0. The number of benzene rings is 3. The number of nitro groups is 1. The van der Waals surface area contributed by atoms with E-state index in [1.54, 1.807) is 0 Å². The average Bonchev–Trinajstić information content (AvgIpc) is 3.14. The second kappa shape index (κ2) is 8.89. The fourth-order valence-corrected chi connectivity index (χ4v) is 3.71. The average molecular weight is 430 g/mol. The molecular formula is C24H22N4O4. The molecule has 162 valence electrons. The van der Waals surface area contributed by atoms with Crippen LogP contribution in [0.1, 0.15) is 27.8 Å². The molecule has 1 heterocycles. The van der Waals surface area contributed by atoms with Crippen molar-refractivity contribution in [3.63, 3.8) is 0 Å². The van der Waals surface area contributed by atoms with Gasteiger partial charge in [0, 0.05) is 25.1 Å². The first-order valence-electron chi connectivity index (χ1n) is 10.1. The molecule has 0 radical (unpaired) electrons. The molecular weight excluding hydrogens is 408 g/mol. The highest BCUT2D eigenvalue weighted by molar-refractivity contribution is 5.95. The third-order valence-electron chi connectivity index (χ3n) is 5.41. The second-order valence-corrected chi connectivity index (χ2v) is 7.36. The summed E-state index contributed by atoms with van der Waals surface area (Å²) < 4.78 is 7.04. The highest BCUT2D eigenvalue weighted by atomic mass is 16.6. The van der Waals surface area contributed by atoms with Crippen LogP contribution < -0.4 is 10.1 Å². The Labute approximate surface area is 184 Å². The predicted molar refractivity (Wildman–Crippen MR) is 121 cm³/mol. The van der Waals surface area contributed by atoms with Gasteiger partial charge in [-0.3, -0.25) is 14.9 Å². The first-order chi connectivity index (χ1) is 15.5. The lowest BCUT2D eigenvalue weighted by Gasteiger charge is -2.19. The summed E-state index contributed by atoms with van der Waals surface area (Å²) in [5, 5.41) is 14.4. The molecule has 32 heavy (non-hydrogen) atoms. The van der Waals surface area contributed by atoms with Gasteiger partial charge in [-0.1, -0.05) is 42.5 Å². The van der Waals surface area contributed by atoms with Crippen molar-refractivity contribution in [1.29, 1.82) is 0 Å². The van der Waals surface area contributed by atoms with Gasteiger partial charge in [0.25, 0.3) is 5.91 Å². The van der Waals surface area contributed by atoms with Crippen molar-refractivity contribution in [2.75, 3.05) is 7.11 Å². The number of nitrogens with zero attached hydrogens (tertiary/aromatic N) is 3. The minimum atomic E-state index is -0.566. The van der Waals surface area contributed by atoms with E-state index in [9.17, 15) is 14.9 Å². The Morgan fingerprint density at radius 2 is 1.84 bits per heavy atom. The van der Waals surface area contributed by atoms with Gasteiger partial charge < -0.3 is 14.6 Å². The van der Waals surface area contributed by atoms with Crippen LogP contribution in [-0.4, -0.2) is 27.5 Å². The Bertz CT molecular complexity index is 1280. The van der Waals surface area contributed by atoms with E-state index >= 15 is 0 Å². The maximum Gasteiger partial charge on any atom is 0.311 e. The fraction of sp³-hybridized carbons (Fsp3) is 0.167. The molecule has 1 aromatic heterocycles. The molecule has 4 rings (SSSR count). The topological polar surface area (TPSA) is 99.3 Å². The number of fused-ring (bicyclic) bond motifs is 1. The van der Waals surface area contributed by atoms with Crippen LogP contribution >= 0.6 is 0 Å². The SMILES string of the molecule is COc1ccc(C(=O)N[C@@H](Cc2nc3ccccc3n2C)c2ccccc2)cc1[N+](=O)[O-]. The van der Waals surface area contributed by atoms with E-state index in [1.165, 1.54) is 25.3 Å². The van der Waals surface area contributed by atoms with Crippen LogP contribution in [0.2, 0.25) is 0 Å². The van der Waals surface area contributed by atoms with Crippen molar-refractivity contribution in [3.05, 3.63) is 99.9 Å². The second-order valence-electron chi connectivity index (χ2n) is 7.36. The predicted octanol–water partition coefficient (Wildman–Crippen LogP) is 4.20. The third kappa shape index (κ3) is 4.15. The largest absolute Gasteiger partial charge is 0.490 e. The zero-order chi connectivity index (χ0) is 22.7. The van der Waals surface area contributed by atoms with Gasteiger partial charge in [-0.15, -0.1) is 0 Å². The standard InChI is InChI=1S/C24H22N4O4/c1-27-20-11-7-6-10-18(20)25-23(27)15-19(16-8-4-3-5-9-16)26-24(29)17-12-13-22(32-2)21(14-17)28(30)31/h3-14,19H,15H2,1-2H3,(H,26,29)/t19-/m0/s1. The number of aromatic nitrogens is 2. The molecule has 3 aromatic carbocycles. The lowest BCUT2D eigenvalue weighted by Crippen LogP contribution is -2.30. The molecule has 4 aromatic rings. The highest BCUT2D eigenvalue weighted by Crippen LogP contribution is 2.28. The molecule has 0 fully saturated rings. The monoisotopic (exact) mass is 430 g/mol. The Balaban J connectivity index is 1.66. The van der Waals surface area contributed by atoms with Crippen molar-refractivity contribution in [1.82, 2.24) is 14.9 Å². The van der Waals surface area contributed by atoms with Crippen LogP contribution in [0.15, 0.2) is 72.8 Å². The lowest BCUT2D eigenvalue weighted by atomic mass is 10.0. The molecule has 0 unspecified atom stereocenters. The molecule has 0 saturated carbocycles. The zero-order valence-corrected chi connectivity index (χ0v) is 17.7. The summed E-state index contributed by atoms with van der Waals surface area (Å²) in [6, 6.07) is 21.2. The van der Waals surface area contributed by atoms with Gasteiger partial charge in [0.15, 0.2) is 5.75 Å². The molecule has 0 aliphatic heterocycles. The Morgan fingerprint density at radius 3 is 2.53 bits per heavy atom. The van der Waals surface area contributed by atoms with Gasteiger partial charge in [0.05, 0.1) is 29.1 Å². The summed E-state index contributed by atoms with van der Waals surface area (Å²) >= 11 is 0. The number of methoxy groups -OCH3 is 1. The smallest absolute Gasteiger partial charge is 0.311 e. The number of carbonyl (C=O) groups excluding carboxylic acids is 1. The number of amides is 1. The van der Waals surface area contributed by atoms with Crippen molar-refractivity contribution < 1.29 is 14.5 Å². The van der Waals surface area contributed by atoms with Gasteiger partial charge in [0.1, 0.15) is 5.82 Å². The minimum Gasteiger partial charge on any atom is -0.490 e. The number of hydrogen-bond donors (Lipinski definition) is 1. The van der Waals surface area contributed by atoms with Crippen molar-refractivity contribution in [3.8, 4) is 5.75 Å². The molecule has 1 atom stereocenters. The van der Waals surface area contributed by atoms with E-state index < -0.39 is 10.8 Å². The molecule has 0 bridgehead atoms. The Hall–Kier alpha value is -4.20. The number of imidazole rings is 1. The normalized spacial score (nSPS) is 11.8. The van der Waals surface area contributed by atoms with Gasteiger partial charge in [-0.05, 0) is 29.8 Å². The van der Waals surface area contributed by atoms with E-state index in [1.807, 2.05) is 66.2 Å². The zero-order valence-electron chi connectivity index (χ0n) is 17.7. The van der Waals surface area contributed by atoms with Crippen LogP contribution in [0.5, 0.6) is 5.75 Å². The molecule has 1 N–H and O–H groups in total. The number of nitro benzene ring substituents is 1. The number of aryl methyl sites for hydroxylation is 1. The van der Waals surface area contributed by atoms with Gasteiger partial charge in [0.2, 0.25) is 0 Å². The van der Waals surface area contributed by atoms with Crippen LogP contribution in [-0.2, 0) is 13.5 Å². The highest BCUT2D eigenvalue weighted by Gasteiger charge is 2.22.